The van der Waals surface area contributed by atoms with E-state index in [-0.39, 0.29) is 12.1 Å². The summed E-state index contributed by atoms with van der Waals surface area (Å²) in [4.78, 5) is 18.4. The molecule has 174 valence electrons. The van der Waals surface area contributed by atoms with Crippen molar-refractivity contribution in [3.8, 4) is 5.00 Å². The van der Waals surface area contributed by atoms with E-state index in [1.54, 1.807) is 18.9 Å². The molecule has 0 bridgehead atoms. The first-order valence-electron chi connectivity index (χ1n) is 11.7. The number of benzene rings is 1. The van der Waals surface area contributed by atoms with Crippen LogP contribution in [-0.2, 0) is 24.1 Å². The highest BCUT2D eigenvalue weighted by atomic mass is 32.2. The fourth-order valence-corrected chi connectivity index (χ4v) is 6.85. The summed E-state index contributed by atoms with van der Waals surface area (Å²) < 4.78 is 7.50. The Morgan fingerprint density at radius 2 is 2.00 bits per heavy atom. The van der Waals surface area contributed by atoms with Crippen molar-refractivity contribution >= 4 is 29.1 Å². The van der Waals surface area contributed by atoms with Gasteiger partial charge in [0.05, 0.1) is 18.3 Å². The number of carbonyl (C=O) groups is 1. The number of carbonyl (C=O) groups excluding carboxylic acids is 1. The number of fused-ring (bicyclic) bond motifs is 5. The molecule has 33 heavy (non-hydrogen) atoms. The van der Waals surface area contributed by atoms with E-state index >= 15 is 0 Å². The maximum absolute atomic E-state index is 13.6. The molecule has 0 radical (unpaired) electrons. The zero-order chi connectivity index (χ0) is 22.8. The maximum Gasteiger partial charge on any atom is 0.318 e. The molecule has 1 aliphatic carbocycles. The fraction of sp³-hybridized carbons (Fsp3) is 0.423. The van der Waals surface area contributed by atoms with Gasteiger partial charge in [-0.2, -0.15) is 0 Å². The molecule has 0 unspecified atom stereocenters. The Kier molecular flexibility index (Phi) is 6.81. The highest BCUT2D eigenvalue weighted by Gasteiger charge is 2.35. The minimum Gasteiger partial charge on any atom is -0.385 e. The van der Waals surface area contributed by atoms with Gasteiger partial charge in [0.1, 0.15) is 5.00 Å². The fourth-order valence-electron chi connectivity index (χ4n) is 5.04. The number of aromatic nitrogens is 1. The summed E-state index contributed by atoms with van der Waals surface area (Å²) in [6.45, 7) is 1.88. The molecular weight excluding hydrogens is 450 g/mol. The Morgan fingerprint density at radius 3 is 2.79 bits per heavy atom. The van der Waals surface area contributed by atoms with Gasteiger partial charge in [-0.05, 0) is 73.8 Å². The second-order valence-electron chi connectivity index (χ2n) is 8.68. The summed E-state index contributed by atoms with van der Waals surface area (Å²) in [7, 11) is 1.69. The van der Waals surface area contributed by atoms with E-state index in [4.69, 9.17) is 4.74 Å². The van der Waals surface area contributed by atoms with Crippen molar-refractivity contribution in [2.75, 3.05) is 26.5 Å². The maximum atomic E-state index is 13.6. The largest absolute Gasteiger partial charge is 0.385 e. The summed E-state index contributed by atoms with van der Waals surface area (Å²) in [6.07, 6.45) is 9.84. The quantitative estimate of drug-likeness (QED) is 0.358. The molecule has 3 aromatic rings. The average molecular weight is 482 g/mol. The molecule has 2 aromatic heterocycles. The molecular formula is C26H31N3O2S2. The van der Waals surface area contributed by atoms with Crippen molar-refractivity contribution < 1.29 is 9.53 Å². The summed E-state index contributed by atoms with van der Waals surface area (Å²) >= 11 is 3.66. The first-order chi connectivity index (χ1) is 16.2. The van der Waals surface area contributed by atoms with Gasteiger partial charge < -0.3 is 19.5 Å². The molecule has 1 atom stereocenters. The average Bonchev–Trinajstić information content (AvgIpc) is 3.44. The topological polar surface area (TPSA) is 46.5 Å². The summed E-state index contributed by atoms with van der Waals surface area (Å²) in [5, 5.41) is 4.45. The van der Waals surface area contributed by atoms with Gasteiger partial charge >= 0.3 is 6.03 Å². The number of nitrogens with one attached hydrogen (secondary N) is 1. The Balaban J connectivity index is 1.58. The minimum absolute atomic E-state index is 0.0126. The van der Waals surface area contributed by atoms with Gasteiger partial charge in [0, 0.05) is 41.8 Å². The van der Waals surface area contributed by atoms with Crippen LogP contribution in [0.4, 0.5) is 4.79 Å². The van der Waals surface area contributed by atoms with E-state index in [0.717, 1.165) is 30.5 Å². The number of ether oxygens (including phenoxy) is 1. The number of thioether (sulfide) groups is 1. The van der Waals surface area contributed by atoms with Crippen LogP contribution < -0.4 is 5.32 Å². The van der Waals surface area contributed by atoms with Crippen LogP contribution in [0.5, 0.6) is 0 Å². The Hall–Kier alpha value is -2.22. The van der Waals surface area contributed by atoms with Crippen LogP contribution in [0.2, 0.25) is 0 Å². The number of methoxy groups -OCH3 is 1. The summed E-state index contributed by atoms with van der Waals surface area (Å²) in [5.74, 6) is 0. The molecule has 2 amide bonds. The molecule has 0 fully saturated rings. The number of nitrogens with zero attached hydrogens (tertiary/aromatic N) is 2. The van der Waals surface area contributed by atoms with Crippen LogP contribution in [0, 0.1) is 0 Å². The van der Waals surface area contributed by atoms with Crippen LogP contribution in [-0.4, -0.2) is 42.0 Å². The van der Waals surface area contributed by atoms with E-state index in [0.29, 0.717) is 19.7 Å². The second kappa shape index (κ2) is 9.95. The molecule has 5 rings (SSSR count). The third-order valence-corrected chi connectivity index (χ3v) is 8.75. The third kappa shape index (κ3) is 4.34. The first-order valence-corrected chi connectivity index (χ1v) is 13.7. The molecule has 1 aromatic carbocycles. The van der Waals surface area contributed by atoms with Crippen molar-refractivity contribution in [3.05, 3.63) is 69.9 Å². The first kappa shape index (κ1) is 22.6. The molecule has 0 spiro atoms. The molecule has 3 heterocycles. The van der Waals surface area contributed by atoms with E-state index in [9.17, 15) is 4.79 Å². The number of aryl methyl sites for hydroxylation is 1. The minimum atomic E-state index is -0.142. The highest BCUT2D eigenvalue weighted by molar-refractivity contribution is 7.98. The van der Waals surface area contributed by atoms with Crippen LogP contribution >= 0.6 is 23.1 Å². The zero-order valence-corrected chi connectivity index (χ0v) is 20.9. The molecule has 1 aliphatic heterocycles. The van der Waals surface area contributed by atoms with E-state index in [1.165, 1.54) is 38.7 Å². The second-order valence-corrected chi connectivity index (χ2v) is 10.6. The molecule has 7 heteroatoms. The summed E-state index contributed by atoms with van der Waals surface area (Å²) in [6, 6.07) is 12.8. The number of thiophene rings is 1. The van der Waals surface area contributed by atoms with Crippen molar-refractivity contribution in [1.29, 1.82) is 0 Å². The Bertz CT molecular complexity index is 1120. The number of urea groups is 1. The van der Waals surface area contributed by atoms with Crippen molar-refractivity contribution in [1.82, 2.24) is 14.8 Å². The summed E-state index contributed by atoms with van der Waals surface area (Å²) in [5.41, 5.74) is 5.11. The number of rotatable bonds is 6. The lowest BCUT2D eigenvalue weighted by Gasteiger charge is -2.31. The Labute approximate surface area is 204 Å². The van der Waals surface area contributed by atoms with Crippen LogP contribution in [0.1, 0.15) is 52.6 Å². The van der Waals surface area contributed by atoms with Crippen molar-refractivity contribution in [2.45, 2.75) is 49.6 Å². The lowest BCUT2D eigenvalue weighted by molar-refractivity contribution is 0.174. The van der Waals surface area contributed by atoms with Gasteiger partial charge in [0.15, 0.2) is 0 Å². The van der Waals surface area contributed by atoms with Crippen LogP contribution in [0.15, 0.2) is 47.5 Å². The predicted octanol–water partition coefficient (Wildman–Crippen LogP) is 5.79. The predicted molar refractivity (Wildman–Crippen MR) is 136 cm³/mol. The SMILES string of the molecule is COCCCNC(=O)N1Cc2c(sc3c2CCCC3)-n2cccc2[C@H]1c1ccc(SC)cc1. The van der Waals surface area contributed by atoms with Gasteiger partial charge in [-0.15, -0.1) is 23.1 Å². The van der Waals surface area contributed by atoms with E-state index in [1.807, 2.05) is 16.2 Å². The molecule has 0 saturated heterocycles. The number of hydrogen-bond donors (Lipinski definition) is 1. The van der Waals surface area contributed by atoms with Gasteiger partial charge in [-0.1, -0.05) is 12.1 Å². The van der Waals surface area contributed by atoms with Gasteiger partial charge in [-0.25, -0.2) is 4.79 Å². The van der Waals surface area contributed by atoms with Gasteiger partial charge in [0.25, 0.3) is 0 Å². The van der Waals surface area contributed by atoms with Gasteiger partial charge in [-0.3, -0.25) is 0 Å². The number of amides is 2. The van der Waals surface area contributed by atoms with E-state index < -0.39 is 0 Å². The molecule has 5 nitrogen and oxygen atoms in total. The Morgan fingerprint density at radius 1 is 1.18 bits per heavy atom. The monoisotopic (exact) mass is 481 g/mol. The molecule has 0 saturated carbocycles. The molecule has 1 N–H and O–H groups in total. The lowest BCUT2D eigenvalue weighted by Crippen LogP contribution is -2.42. The molecule has 2 aliphatic rings. The van der Waals surface area contributed by atoms with Crippen LogP contribution in [0.25, 0.3) is 5.00 Å². The van der Waals surface area contributed by atoms with Crippen LogP contribution in [0.3, 0.4) is 0 Å². The number of hydrogen-bond acceptors (Lipinski definition) is 4. The van der Waals surface area contributed by atoms with E-state index in [2.05, 4.69) is 58.7 Å². The smallest absolute Gasteiger partial charge is 0.318 e. The third-order valence-electron chi connectivity index (χ3n) is 6.67. The lowest BCUT2D eigenvalue weighted by atomic mass is 9.95. The van der Waals surface area contributed by atoms with Crippen molar-refractivity contribution in [3.63, 3.8) is 0 Å². The van der Waals surface area contributed by atoms with Gasteiger partial charge in [0.2, 0.25) is 0 Å². The zero-order valence-electron chi connectivity index (χ0n) is 19.3. The normalized spacial score (nSPS) is 17.2. The standard InChI is InChI=1S/C26H31N3O2S2/c1-31-16-6-14-27-26(30)29-17-21-20-7-3-4-9-23(20)33-25(21)28-15-5-8-22(28)24(29)18-10-12-19(32-2)13-11-18/h5,8,10-13,15,24H,3-4,6-7,9,14,16-17H2,1-2H3,(H,27,30)/t24-/m1/s1. The van der Waals surface area contributed by atoms with Crippen molar-refractivity contribution in [2.24, 2.45) is 0 Å². The highest BCUT2D eigenvalue weighted by Crippen LogP contribution is 2.44.